The van der Waals surface area contributed by atoms with Crippen molar-refractivity contribution in [2.45, 2.75) is 30.7 Å². The summed E-state index contributed by atoms with van der Waals surface area (Å²) in [6.07, 6.45) is 14.0. The molecule has 0 bridgehead atoms. The van der Waals surface area contributed by atoms with Gasteiger partial charge in [0.2, 0.25) is 0 Å². The monoisotopic (exact) mass is 343 g/mol. The molecule has 5 rings (SSSR count). The molecule has 0 radical (unpaired) electrons. The molecular formula is C19H17N7. The summed E-state index contributed by atoms with van der Waals surface area (Å²) in [6.45, 7) is 0. The number of hydrogen-bond donors (Lipinski definition) is 2. The molecule has 0 aliphatic heterocycles. The standard InChI is InChI=1S/C19H17N7/c20-8-16(13-2-6-21-9-13)19(4-1-5-19)26-11-14(10-25-26)17-15-3-7-22-18(15)24-12-23-17/h2-3,6-7,9-12,16,21H,1,4-5H2,(H,22,23,24). The van der Waals surface area contributed by atoms with E-state index in [4.69, 9.17) is 0 Å². The topological polar surface area (TPSA) is 99.0 Å². The van der Waals surface area contributed by atoms with Gasteiger partial charge < -0.3 is 9.97 Å². The molecule has 4 aromatic heterocycles. The van der Waals surface area contributed by atoms with Crippen molar-refractivity contribution in [3.8, 4) is 17.3 Å². The third-order valence-electron chi connectivity index (χ3n) is 5.51. The predicted octanol–water partition coefficient (Wildman–Crippen LogP) is 3.34. The number of nitrogens with one attached hydrogen (secondary N) is 2. The molecule has 128 valence electrons. The van der Waals surface area contributed by atoms with Crippen molar-refractivity contribution in [1.82, 2.24) is 29.7 Å². The van der Waals surface area contributed by atoms with Crippen LogP contribution in [0.4, 0.5) is 0 Å². The Morgan fingerprint density at radius 3 is 2.88 bits per heavy atom. The molecule has 7 nitrogen and oxygen atoms in total. The summed E-state index contributed by atoms with van der Waals surface area (Å²) < 4.78 is 1.98. The third-order valence-corrected chi connectivity index (χ3v) is 5.51. The molecule has 1 aliphatic rings. The van der Waals surface area contributed by atoms with E-state index in [0.29, 0.717) is 0 Å². The predicted molar refractivity (Wildman–Crippen MR) is 96.1 cm³/mol. The second-order valence-corrected chi connectivity index (χ2v) is 6.80. The largest absolute Gasteiger partial charge is 0.367 e. The first-order valence-corrected chi connectivity index (χ1v) is 8.68. The smallest absolute Gasteiger partial charge is 0.141 e. The lowest BCUT2D eigenvalue weighted by atomic mass is 9.66. The van der Waals surface area contributed by atoms with Crippen molar-refractivity contribution in [3.05, 3.63) is 55.0 Å². The Bertz CT molecular complexity index is 1090. The van der Waals surface area contributed by atoms with E-state index in [1.807, 2.05) is 47.8 Å². The van der Waals surface area contributed by atoms with Crippen molar-refractivity contribution in [3.63, 3.8) is 0 Å². The maximum absolute atomic E-state index is 9.87. The van der Waals surface area contributed by atoms with E-state index >= 15 is 0 Å². The Kier molecular flexibility index (Phi) is 3.19. The number of hydrogen-bond acceptors (Lipinski definition) is 4. The fourth-order valence-corrected chi connectivity index (χ4v) is 4.00. The van der Waals surface area contributed by atoms with Gasteiger partial charge in [0.25, 0.3) is 0 Å². The van der Waals surface area contributed by atoms with Crippen molar-refractivity contribution in [1.29, 1.82) is 5.26 Å². The minimum atomic E-state index is -0.292. The zero-order valence-electron chi connectivity index (χ0n) is 14.1. The van der Waals surface area contributed by atoms with Crippen LogP contribution in [0.15, 0.2) is 49.4 Å². The van der Waals surface area contributed by atoms with Crippen molar-refractivity contribution >= 4 is 11.0 Å². The highest BCUT2D eigenvalue weighted by Crippen LogP contribution is 2.49. The summed E-state index contributed by atoms with van der Waals surface area (Å²) in [7, 11) is 0. The third kappa shape index (κ3) is 2.02. The van der Waals surface area contributed by atoms with Crippen LogP contribution < -0.4 is 0 Å². The van der Waals surface area contributed by atoms with Gasteiger partial charge in [-0.3, -0.25) is 4.68 Å². The average molecular weight is 343 g/mol. The normalized spacial score (nSPS) is 16.9. The average Bonchev–Trinajstić information content (AvgIpc) is 3.38. The van der Waals surface area contributed by atoms with E-state index in [-0.39, 0.29) is 11.5 Å². The molecule has 4 heterocycles. The molecule has 0 amide bonds. The first-order chi connectivity index (χ1) is 12.8. The van der Waals surface area contributed by atoms with Crippen LogP contribution in [-0.4, -0.2) is 29.7 Å². The van der Waals surface area contributed by atoms with Crippen LogP contribution in [0.1, 0.15) is 30.7 Å². The summed E-state index contributed by atoms with van der Waals surface area (Å²) in [4.78, 5) is 14.9. The molecule has 0 saturated heterocycles. The molecule has 26 heavy (non-hydrogen) atoms. The zero-order chi connectivity index (χ0) is 17.6. The van der Waals surface area contributed by atoms with Gasteiger partial charge in [-0.15, -0.1) is 0 Å². The summed E-state index contributed by atoms with van der Waals surface area (Å²) in [5.74, 6) is -0.229. The van der Waals surface area contributed by atoms with E-state index in [9.17, 15) is 5.26 Å². The highest BCUT2D eigenvalue weighted by molar-refractivity contribution is 5.89. The Hall–Kier alpha value is -3.40. The lowest BCUT2D eigenvalue weighted by Crippen LogP contribution is -2.45. The van der Waals surface area contributed by atoms with Gasteiger partial charge in [0.1, 0.15) is 12.0 Å². The van der Waals surface area contributed by atoms with Gasteiger partial charge in [0.05, 0.1) is 29.4 Å². The highest BCUT2D eigenvalue weighted by Gasteiger charge is 2.47. The van der Waals surface area contributed by atoms with Crippen molar-refractivity contribution < 1.29 is 0 Å². The SMILES string of the molecule is N#CC(c1cc[nH]c1)C1(n2cc(-c3ncnc4[nH]ccc34)cn2)CCC1. The Balaban J connectivity index is 1.59. The Morgan fingerprint density at radius 2 is 2.15 bits per heavy atom. The molecule has 1 unspecified atom stereocenters. The second kappa shape index (κ2) is 5.56. The van der Waals surface area contributed by atoms with Crippen molar-refractivity contribution in [2.24, 2.45) is 0 Å². The van der Waals surface area contributed by atoms with E-state index < -0.39 is 0 Å². The summed E-state index contributed by atoms with van der Waals surface area (Å²) in [5, 5.41) is 15.5. The van der Waals surface area contributed by atoms with Crippen LogP contribution in [0, 0.1) is 11.3 Å². The quantitative estimate of drug-likeness (QED) is 0.593. The Labute approximate surface area is 149 Å². The fraction of sp³-hybridized carbons (Fsp3) is 0.263. The van der Waals surface area contributed by atoms with E-state index in [1.165, 1.54) is 0 Å². The lowest BCUT2D eigenvalue weighted by Gasteiger charge is -2.45. The van der Waals surface area contributed by atoms with Gasteiger partial charge in [0, 0.05) is 35.7 Å². The van der Waals surface area contributed by atoms with E-state index in [2.05, 4.69) is 31.1 Å². The summed E-state index contributed by atoms with van der Waals surface area (Å²) in [5.41, 5.74) is 3.32. The number of aromatic amines is 2. The van der Waals surface area contributed by atoms with Crippen LogP contribution in [0.5, 0.6) is 0 Å². The molecule has 7 heteroatoms. The first-order valence-electron chi connectivity index (χ1n) is 8.68. The zero-order valence-corrected chi connectivity index (χ0v) is 14.1. The molecule has 0 aromatic carbocycles. The maximum atomic E-state index is 9.87. The molecule has 1 saturated carbocycles. The summed E-state index contributed by atoms with van der Waals surface area (Å²) >= 11 is 0. The van der Waals surface area contributed by atoms with Crippen LogP contribution in [0.3, 0.4) is 0 Å². The number of nitriles is 1. The van der Waals surface area contributed by atoms with Gasteiger partial charge in [-0.2, -0.15) is 10.4 Å². The van der Waals surface area contributed by atoms with Gasteiger partial charge in [-0.1, -0.05) is 0 Å². The number of fused-ring (bicyclic) bond motifs is 1. The maximum Gasteiger partial charge on any atom is 0.141 e. The van der Waals surface area contributed by atoms with Gasteiger partial charge in [-0.05, 0) is 37.0 Å². The second-order valence-electron chi connectivity index (χ2n) is 6.80. The fourth-order valence-electron chi connectivity index (χ4n) is 4.00. The minimum absolute atomic E-state index is 0.229. The number of nitrogens with zero attached hydrogens (tertiary/aromatic N) is 5. The summed E-state index contributed by atoms with van der Waals surface area (Å²) in [6, 6.07) is 6.46. The van der Waals surface area contributed by atoms with E-state index in [0.717, 1.165) is 47.1 Å². The number of H-pyrrole nitrogens is 2. The van der Waals surface area contributed by atoms with E-state index in [1.54, 1.807) is 6.33 Å². The van der Waals surface area contributed by atoms with Crippen LogP contribution in [-0.2, 0) is 5.54 Å². The first kappa shape index (κ1) is 14.9. The number of aromatic nitrogens is 6. The van der Waals surface area contributed by atoms with Crippen LogP contribution >= 0.6 is 0 Å². The lowest BCUT2D eigenvalue weighted by molar-refractivity contribution is 0.108. The number of rotatable bonds is 4. The van der Waals surface area contributed by atoms with Crippen molar-refractivity contribution in [2.75, 3.05) is 0 Å². The molecule has 1 aliphatic carbocycles. The minimum Gasteiger partial charge on any atom is -0.367 e. The molecule has 4 aromatic rings. The van der Waals surface area contributed by atoms with Gasteiger partial charge in [0.15, 0.2) is 0 Å². The van der Waals surface area contributed by atoms with Crippen LogP contribution in [0.25, 0.3) is 22.3 Å². The molecular weight excluding hydrogens is 326 g/mol. The molecule has 1 fully saturated rings. The Morgan fingerprint density at radius 1 is 1.23 bits per heavy atom. The molecule has 2 N–H and O–H groups in total. The molecule has 1 atom stereocenters. The van der Waals surface area contributed by atoms with Gasteiger partial charge in [-0.25, -0.2) is 9.97 Å². The molecule has 0 spiro atoms. The van der Waals surface area contributed by atoms with Gasteiger partial charge >= 0.3 is 0 Å². The van der Waals surface area contributed by atoms with Crippen LogP contribution in [0.2, 0.25) is 0 Å². The highest BCUT2D eigenvalue weighted by atomic mass is 15.3.